The lowest BCUT2D eigenvalue weighted by Crippen LogP contribution is -2.43. The number of amides is 2. The molecule has 0 spiro atoms. The van der Waals surface area contributed by atoms with Gasteiger partial charge in [0.1, 0.15) is 5.75 Å². The van der Waals surface area contributed by atoms with E-state index in [9.17, 15) is 9.59 Å². The van der Waals surface area contributed by atoms with E-state index < -0.39 is 6.09 Å². The van der Waals surface area contributed by atoms with E-state index in [-0.39, 0.29) is 12.5 Å². The summed E-state index contributed by atoms with van der Waals surface area (Å²) in [5, 5.41) is 2.59. The van der Waals surface area contributed by atoms with Crippen molar-refractivity contribution in [1.29, 1.82) is 0 Å². The molecule has 0 aromatic heterocycles. The van der Waals surface area contributed by atoms with E-state index in [1.54, 1.807) is 11.8 Å². The van der Waals surface area contributed by atoms with E-state index in [2.05, 4.69) is 5.32 Å². The third kappa shape index (κ3) is 3.15. The minimum absolute atomic E-state index is 0.0242. The van der Waals surface area contributed by atoms with Crippen LogP contribution in [0.4, 0.5) is 10.5 Å². The largest absolute Gasteiger partial charge is 0.482 e. The van der Waals surface area contributed by atoms with Crippen molar-refractivity contribution < 1.29 is 19.1 Å². The van der Waals surface area contributed by atoms with Crippen LogP contribution in [0.25, 0.3) is 0 Å². The standard InChI is InChI=1S/C13H16N2O4/c1-2-18-13(17)14-7-8-15-10-5-3-4-6-11(10)19-9-12(15)16/h3-6H,2,7-9H2,1H3,(H,14,17). The van der Waals surface area contributed by atoms with Gasteiger partial charge >= 0.3 is 6.09 Å². The van der Waals surface area contributed by atoms with Gasteiger partial charge in [-0.2, -0.15) is 0 Å². The molecule has 1 aliphatic heterocycles. The van der Waals surface area contributed by atoms with Crippen molar-refractivity contribution in [1.82, 2.24) is 5.32 Å². The highest BCUT2D eigenvalue weighted by atomic mass is 16.5. The number of benzene rings is 1. The molecule has 1 aliphatic rings. The van der Waals surface area contributed by atoms with Crippen molar-refractivity contribution in [3.8, 4) is 5.75 Å². The summed E-state index contributed by atoms with van der Waals surface area (Å²) >= 11 is 0. The van der Waals surface area contributed by atoms with Gasteiger partial charge in [-0.1, -0.05) is 12.1 Å². The number of hydrogen-bond acceptors (Lipinski definition) is 4. The summed E-state index contributed by atoms with van der Waals surface area (Å²) in [5.74, 6) is 0.558. The average Bonchev–Trinajstić information content (AvgIpc) is 2.41. The number of carbonyl (C=O) groups is 2. The second-order valence-corrected chi connectivity index (χ2v) is 3.95. The molecule has 0 aliphatic carbocycles. The molecule has 2 rings (SSSR count). The summed E-state index contributed by atoms with van der Waals surface area (Å²) in [6, 6.07) is 7.32. The zero-order chi connectivity index (χ0) is 13.7. The van der Waals surface area contributed by atoms with Gasteiger partial charge in [-0.25, -0.2) is 4.79 Å². The molecule has 0 atom stereocenters. The maximum absolute atomic E-state index is 11.8. The smallest absolute Gasteiger partial charge is 0.407 e. The maximum Gasteiger partial charge on any atom is 0.407 e. The monoisotopic (exact) mass is 264 g/mol. The van der Waals surface area contributed by atoms with Crippen LogP contribution in [0.15, 0.2) is 24.3 Å². The minimum Gasteiger partial charge on any atom is -0.482 e. The molecular weight excluding hydrogens is 248 g/mol. The van der Waals surface area contributed by atoms with Crippen LogP contribution in [0.5, 0.6) is 5.75 Å². The summed E-state index contributed by atoms with van der Waals surface area (Å²) < 4.78 is 10.1. The number of carbonyl (C=O) groups excluding carboxylic acids is 2. The SMILES string of the molecule is CCOC(=O)NCCN1C(=O)COc2ccccc21. The molecular formula is C13H16N2O4. The normalized spacial score (nSPS) is 13.5. The topological polar surface area (TPSA) is 67.9 Å². The quantitative estimate of drug-likeness (QED) is 0.886. The highest BCUT2D eigenvalue weighted by Gasteiger charge is 2.24. The Balaban J connectivity index is 1.96. The zero-order valence-corrected chi connectivity index (χ0v) is 10.7. The van der Waals surface area contributed by atoms with Gasteiger partial charge in [-0.05, 0) is 19.1 Å². The highest BCUT2D eigenvalue weighted by Crippen LogP contribution is 2.30. The van der Waals surface area contributed by atoms with Gasteiger partial charge in [0.25, 0.3) is 5.91 Å². The van der Waals surface area contributed by atoms with Crippen molar-refractivity contribution in [2.24, 2.45) is 0 Å². The fraction of sp³-hybridized carbons (Fsp3) is 0.385. The Hall–Kier alpha value is -2.24. The average molecular weight is 264 g/mol. The van der Waals surface area contributed by atoms with Crippen LogP contribution in [-0.4, -0.2) is 38.3 Å². The molecule has 0 saturated heterocycles. The lowest BCUT2D eigenvalue weighted by Gasteiger charge is -2.29. The number of alkyl carbamates (subject to hydrolysis) is 1. The Kier molecular flexibility index (Phi) is 4.22. The number of ether oxygens (including phenoxy) is 2. The van der Waals surface area contributed by atoms with Gasteiger partial charge in [0, 0.05) is 13.1 Å². The number of rotatable bonds is 4. The lowest BCUT2D eigenvalue weighted by molar-refractivity contribution is -0.121. The maximum atomic E-state index is 11.8. The Morgan fingerprint density at radius 2 is 2.26 bits per heavy atom. The highest BCUT2D eigenvalue weighted by molar-refractivity contribution is 5.97. The first kappa shape index (κ1) is 13.2. The lowest BCUT2D eigenvalue weighted by atomic mass is 10.2. The van der Waals surface area contributed by atoms with Crippen LogP contribution in [0, 0.1) is 0 Å². The first-order chi connectivity index (χ1) is 9.22. The fourth-order valence-corrected chi connectivity index (χ4v) is 1.85. The summed E-state index contributed by atoms with van der Waals surface area (Å²) in [4.78, 5) is 24.6. The van der Waals surface area contributed by atoms with Crippen LogP contribution in [0.3, 0.4) is 0 Å². The summed E-state index contributed by atoms with van der Waals surface area (Å²) in [5.41, 5.74) is 0.726. The summed E-state index contributed by atoms with van der Waals surface area (Å²) in [6.45, 7) is 2.81. The predicted octanol–water partition coefficient (Wildman–Crippen LogP) is 1.16. The van der Waals surface area contributed by atoms with Gasteiger partial charge < -0.3 is 19.7 Å². The second-order valence-electron chi connectivity index (χ2n) is 3.95. The number of nitrogens with one attached hydrogen (secondary N) is 1. The second kappa shape index (κ2) is 6.08. The molecule has 2 amide bonds. The molecule has 6 nitrogen and oxygen atoms in total. The van der Waals surface area contributed by atoms with Gasteiger partial charge in [-0.15, -0.1) is 0 Å². The van der Waals surface area contributed by atoms with Crippen LogP contribution in [0.1, 0.15) is 6.92 Å². The Morgan fingerprint density at radius 1 is 1.47 bits per heavy atom. The summed E-state index contributed by atoms with van der Waals surface area (Å²) in [7, 11) is 0. The number of para-hydroxylation sites is 2. The third-order valence-electron chi connectivity index (χ3n) is 2.69. The van der Waals surface area contributed by atoms with Gasteiger partial charge in [0.15, 0.2) is 6.61 Å². The molecule has 1 heterocycles. The number of anilines is 1. The van der Waals surface area contributed by atoms with Crippen LogP contribution < -0.4 is 15.0 Å². The van der Waals surface area contributed by atoms with Crippen molar-refractivity contribution >= 4 is 17.7 Å². The first-order valence-electron chi connectivity index (χ1n) is 6.15. The van der Waals surface area contributed by atoms with E-state index in [1.807, 2.05) is 24.3 Å². The van der Waals surface area contributed by atoms with E-state index in [0.717, 1.165) is 5.69 Å². The summed E-state index contributed by atoms with van der Waals surface area (Å²) in [6.07, 6.45) is -0.475. The van der Waals surface area contributed by atoms with E-state index in [0.29, 0.717) is 25.4 Å². The Labute approximate surface area is 111 Å². The van der Waals surface area contributed by atoms with Crippen LogP contribution in [0.2, 0.25) is 0 Å². The molecule has 102 valence electrons. The van der Waals surface area contributed by atoms with Crippen molar-refractivity contribution in [3.05, 3.63) is 24.3 Å². The molecule has 6 heteroatoms. The Bertz CT molecular complexity index is 475. The van der Waals surface area contributed by atoms with E-state index in [4.69, 9.17) is 9.47 Å². The first-order valence-corrected chi connectivity index (χ1v) is 6.15. The zero-order valence-electron chi connectivity index (χ0n) is 10.7. The third-order valence-corrected chi connectivity index (χ3v) is 2.69. The molecule has 0 saturated carbocycles. The predicted molar refractivity (Wildman–Crippen MR) is 69.3 cm³/mol. The molecule has 19 heavy (non-hydrogen) atoms. The van der Waals surface area contributed by atoms with Crippen molar-refractivity contribution in [2.75, 3.05) is 31.2 Å². The number of fused-ring (bicyclic) bond motifs is 1. The van der Waals surface area contributed by atoms with Gasteiger partial charge in [0.2, 0.25) is 0 Å². The minimum atomic E-state index is -0.475. The van der Waals surface area contributed by atoms with Crippen LogP contribution >= 0.6 is 0 Å². The van der Waals surface area contributed by atoms with Crippen molar-refractivity contribution in [3.63, 3.8) is 0 Å². The van der Waals surface area contributed by atoms with E-state index in [1.165, 1.54) is 0 Å². The number of nitrogens with zero attached hydrogens (tertiary/aromatic N) is 1. The van der Waals surface area contributed by atoms with Crippen molar-refractivity contribution in [2.45, 2.75) is 6.92 Å². The van der Waals surface area contributed by atoms with Gasteiger partial charge in [-0.3, -0.25) is 4.79 Å². The molecule has 0 radical (unpaired) electrons. The Morgan fingerprint density at radius 3 is 3.05 bits per heavy atom. The molecule has 1 aromatic rings. The molecule has 1 N–H and O–H groups in total. The molecule has 0 unspecified atom stereocenters. The molecule has 0 bridgehead atoms. The molecule has 0 fully saturated rings. The van der Waals surface area contributed by atoms with E-state index >= 15 is 0 Å². The van der Waals surface area contributed by atoms with Gasteiger partial charge in [0.05, 0.1) is 12.3 Å². The molecule has 1 aromatic carbocycles. The number of hydrogen-bond donors (Lipinski definition) is 1. The fourth-order valence-electron chi connectivity index (χ4n) is 1.85. The van der Waals surface area contributed by atoms with Crippen LogP contribution in [-0.2, 0) is 9.53 Å².